The minimum absolute atomic E-state index is 0.0493. The van der Waals surface area contributed by atoms with E-state index in [0.29, 0.717) is 18.8 Å². The summed E-state index contributed by atoms with van der Waals surface area (Å²) in [5.74, 6) is 0.399. The van der Waals surface area contributed by atoms with Gasteiger partial charge >= 0.3 is 0 Å². The second kappa shape index (κ2) is 6.40. The molecule has 2 N–H and O–H groups in total. The monoisotopic (exact) mass is 235 g/mol. The molecule has 1 atom stereocenters. The molecule has 0 fully saturated rings. The summed E-state index contributed by atoms with van der Waals surface area (Å²) in [5.41, 5.74) is 2.03. The Kier molecular flexibility index (Phi) is 5.16. The third-order valence-corrected chi connectivity index (χ3v) is 2.63. The number of nitrogens with one attached hydrogen (secondary N) is 1. The molecule has 1 aromatic rings. The van der Waals surface area contributed by atoms with Gasteiger partial charge in [-0.1, -0.05) is 26.0 Å². The maximum atomic E-state index is 11.6. The molecule has 3 nitrogen and oxygen atoms in total. The van der Waals surface area contributed by atoms with Crippen molar-refractivity contribution in [2.75, 3.05) is 5.32 Å². The highest BCUT2D eigenvalue weighted by Crippen LogP contribution is 2.18. The van der Waals surface area contributed by atoms with Gasteiger partial charge in [-0.05, 0) is 37.0 Å². The third kappa shape index (κ3) is 5.00. The lowest BCUT2D eigenvalue weighted by molar-refractivity contribution is -0.116. The van der Waals surface area contributed by atoms with E-state index in [1.807, 2.05) is 18.2 Å². The third-order valence-electron chi connectivity index (χ3n) is 2.63. The smallest absolute Gasteiger partial charge is 0.224 e. The predicted octanol–water partition coefficient (Wildman–Crippen LogP) is 2.91. The van der Waals surface area contributed by atoms with Gasteiger partial charge in [0.05, 0.1) is 6.10 Å². The van der Waals surface area contributed by atoms with E-state index in [2.05, 4.69) is 25.2 Å². The summed E-state index contributed by atoms with van der Waals surface area (Å²) in [6, 6.07) is 7.87. The molecule has 0 aliphatic carbocycles. The molecule has 0 saturated carbocycles. The average Bonchev–Trinajstić information content (AvgIpc) is 2.26. The normalized spacial score (nSPS) is 12.5. The van der Waals surface area contributed by atoms with Crippen LogP contribution < -0.4 is 5.32 Å². The van der Waals surface area contributed by atoms with Crippen molar-refractivity contribution < 1.29 is 9.90 Å². The molecule has 0 aromatic heterocycles. The van der Waals surface area contributed by atoms with Crippen LogP contribution in [0.4, 0.5) is 5.69 Å². The topological polar surface area (TPSA) is 49.3 Å². The summed E-state index contributed by atoms with van der Waals surface area (Å²) in [6.07, 6.45) is 0.418. The number of aliphatic hydroxyl groups excluding tert-OH is 1. The van der Waals surface area contributed by atoms with Crippen LogP contribution in [-0.2, 0) is 4.79 Å². The standard InChI is InChI=1S/C14H21NO2/c1-10(2)12-5-4-6-13(9-12)15-14(17)8-7-11(3)16/h4-6,9-11,16H,7-8H2,1-3H3,(H,15,17). The Hall–Kier alpha value is -1.35. The van der Waals surface area contributed by atoms with Gasteiger partial charge < -0.3 is 10.4 Å². The first-order valence-electron chi connectivity index (χ1n) is 6.07. The van der Waals surface area contributed by atoms with E-state index in [1.165, 1.54) is 5.56 Å². The van der Waals surface area contributed by atoms with E-state index in [0.717, 1.165) is 5.69 Å². The van der Waals surface area contributed by atoms with Gasteiger partial charge in [-0.25, -0.2) is 0 Å². The molecule has 1 unspecified atom stereocenters. The van der Waals surface area contributed by atoms with Crippen LogP contribution in [0.5, 0.6) is 0 Å². The number of aliphatic hydroxyl groups is 1. The van der Waals surface area contributed by atoms with Gasteiger partial charge in [0.25, 0.3) is 0 Å². The Labute approximate surface area is 103 Å². The zero-order valence-corrected chi connectivity index (χ0v) is 10.7. The molecule has 0 bridgehead atoms. The van der Waals surface area contributed by atoms with Gasteiger partial charge in [0.2, 0.25) is 5.91 Å². The van der Waals surface area contributed by atoms with Crippen molar-refractivity contribution >= 4 is 11.6 Å². The van der Waals surface area contributed by atoms with Crippen molar-refractivity contribution in [3.05, 3.63) is 29.8 Å². The highest BCUT2D eigenvalue weighted by Gasteiger charge is 2.06. The predicted molar refractivity (Wildman–Crippen MR) is 70.1 cm³/mol. The van der Waals surface area contributed by atoms with Crippen molar-refractivity contribution in [1.82, 2.24) is 0 Å². The van der Waals surface area contributed by atoms with Crippen molar-refractivity contribution in [3.63, 3.8) is 0 Å². The lowest BCUT2D eigenvalue weighted by Gasteiger charge is -2.10. The fourth-order valence-corrected chi connectivity index (χ4v) is 1.54. The van der Waals surface area contributed by atoms with Gasteiger partial charge in [0.1, 0.15) is 0 Å². The molecule has 17 heavy (non-hydrogen) atoms. The quantitative estimate of drug-likeness (QED) is 0.824. The summed E-state index contributed by atoms with van der Waals surface area (Å²) >= 11 is 0. The maximum Gasteiger partial charge on any atom is 0.224 e. The molecule has 3 heteroatoms. The summed E-state index contributed by atoms with van der Waals surface area (Å²) in [5, 5.41) is 11.9. The number of carbonyl (C=O) groups is 1. The SMILES string of the molecule is CC(O)CCC(=O)Nc1cccc(C(C)C)c1. The molecule has 0 spiro atoms. The number of hydrogen-bond acceptors (Lipinski definition) is 2. The van der Waals surface area contributed by atoms with Gasteiger partial charge in [-0.2, -0.15) is 0 Å². The molecule has 1 amide bonds. The zero-order chi connectivity index (χ0) is 12.8. The summed E-state index contributed by atoms with van der Waals surface area (Å²) in [7, 11) is 0. The van der Waals surface area contributed by atoms with Crippen LogP contribution >= 0.6 is 0 Å². The van der Waals surface area contributed by atoms with Gasteiger partial charge in [0.15, 0.2) is 0 Å². The number of rotatable bonds is 5. The number of carbonyl (C=O) groups excluding carboxylic acids is 1. The number of benzene rings is 1. The Morgan fingerprint density at radius 3 is 2.65 bits per heavy atom. The van der Waals surface area contributed by atoms with Gasteiger partial charge in [-0.3, -0.25) is 4.79 Å². The van der Waals surface area contributed by atoms with E-state index in [-0.39, 0.29) is 5.91 Å². The molecule has 0 aliphatic rings. The Morgan fingerprint density at radius 2 is 2.06 bits per heavy atom. The molecular formula is C14H21NO2. The number of amides is 1. The molecule has 1 aromatic carbocycles. The highest BCUT2D eigenvalue weighted by molar-refractivity contribution is 5.90. The lowest BCUT2D eigenvalue weighted by Crippen LogP contribution is -2.14. The first-order valence-corrected chi connectivity index (χ1v) is 6.07. The van der Waals surface area contributed by atoms with Crippen LogP contribution in [-0.4, -0.2) is 17.1 Å². The van der Waals surface area contributed by atoms with Crippen molar-refractivity contribution in [3.8, 4) is 0 Å². The highest BCUT2D eigenvalue weighted by atomic mass is 16.3. The van der Waals surface area contributed by atoms with Crippen LogP contribution in [0.3, 0.4) is 0 Å². The number of anilines is 1. The van der Waals surface area contributed by atoms with Crippen LogP contribution in [0.25, 0.3) is 0 Å². The van der Waals surface area contributed by atoms with Crippen molar-refractivity contribution in [2.24, 2.45) is 0 Å². The number of hydrogen-bond donors (Lipinski definition) is 2. The fraction of sp³-hybridized carbons (Fsp3) is 0.500. The van der Waals surface area contributed by atoms with E-state index >= 15 is 0 Å². The summed E-state index contributed by atoms with van der Waals surface area (Å²) < 4.78 is 0. The zero-order valence-electron chi connectivity index (χ0n) is 10.7. The lowest BCUT2D eigenvalue weighted by atomic mass is 10.0. The molecule has 94 valence electrons. The van der Waals surface area contributed by atoms with Crippen LogP contribution in [0.15, 0.2) is 24.3 Å². The van der Waals surface area contributed by atoms with Gasteiger partial charge in [-0.15, -0.1) is 0 Å². The minimum atomic E-state index is -0.428. The van der Waals surface area contributed by atoms with E-state index in [1.54, 1.807) is 6.92 Å². The summed E-state index contributed by atoms with van der Waals surface area (Å²) in [4.78, 5) is 11.6. The van der Waals surface area contributed by atoms with Crippen LogP contribution in [0.2, 0.25) is 0 Å². The minimum Gasteiger partial charge on any atom is -0.393 e. The Morgan fingerprint density at radius 1 is 1.35 bits per heavy atom. The largest absolute Gasteiger partial charge is 0.393 e. The van der Waals surface area contributed by atoms with E-state index < -0.39 is 6.10 Å². The van der Waals surface area contributed by atoms with Crippen LogP contribution in [0, 0.1) is 0 Å². The Balaban J connectivity index is 2.56. The molecule has 0 aliphatic heterocycles. The second-order valence-electron chi connectivity index (χ2n) is 4.72. The fourth-order valence-electron chi connectivity index (χ4n) is 1.54. The molecule has 1 rings (SSSR count). The van der Waals surface area contributed by atoms with Gasteiger partial charge in [0, 0.05) is 12.1 Å². The molecule has 0 radical (unpaired) electrons. The van der Waals surface area contributed by atoms with E-state index in [4.69, 9.17) is 5.11 Å². The maximum absolute atomic E-state index is 11.6. The first-order chi connectivity index (χ1) is 7.99. The summed E-state index contributed by atoms with van der Waals surface area (Å²) in [6.45, 7) is 5.93. The van der Waals surface area contributed by atoms with Crippen molar-refractivity contribution in [1.29, 1.82) is 0 Å². The molecular weight excluding hydrogens is 214 g/mol. The van der Waals surface area contributed by atoms with Crippen LogP contribution in [0.1, 0.15) is 45.1 Å². The first kappa shape index (κ1) is 13.7. The van der Waals surface area contributed by atoms with Crippen molar-refractivity contribution in [2.45, 2.75) is 45.6 Å². The Bertz CT molecular complexity index is 372. The second-order valence-corrected chi connectivity index (χ2v) is 4.72. The average molecular weight is 235 g/mol. The molecule has 0 saturated heterocycles. The molecule has 0 heterocycles. The van der Waals surface area contributed by atoms with E-state index in [9.17, 15) is 4.79 Å².